The topological polar surface area (TPSA) is 36.4 Å². The van der Waals surface area contributed by atoms with Crippen LogP contribution in [0, 0.1) is 0 Å². The zero-order valence-corrected chi connectivity index (χ0v) is 11.4. The number of aliphatic hydroxyl groups is 1. The molecule has 1 aliphatic rings. The Labute approximate surface area is 107 Å². The van der Waals surface area contributed by atoms with Gasteiger partial charge in [0.25, 0.3) is 0 Å². The van der Waals surface area contributed by atoms with Crippen LogP contribution < -0.4 is 0 Å². The standard InChI is InChI=1S/C13H22N2OS/c1-2-13-14-11(10-17-13)8-15-7-5-3-4-6-12(15)9-16/h10,12,16H,2-9H2,1H3. The summed E-state index contributed by atoms with van der Waals surface area (Å²) < 4.78 is 0. The highest BCUT2D eigenvalue weighted by atomic mass is 32.1. The van der Waals surface area contributed by atoms with Crippen LogP contribution in [0.25, 0.3) is 0 Å². The first kappa shape index (κ1) is 13.0. The molecule has 1 aliphatic heterocycles. The Kier molecular flexibility index (Phi) is 4.95. The second-order valence-corrected chi connectivity index (χ2v) is 5.68. The molecular formula is C13H22N2OS. The van der Waals surface area contributed by atoms with E-state index in [2.05, 4.69) is 22.2 Å². The lowest BCUT2D eigenvalue weighted by Crippen LogP contribution is -2.37. The molecule has 1 aromatic rings. The summed E-state index contributed by atoms with van der Waals surface area (Å²) in [6.07, 6.45) is 5.94. The molecule has 1 unspecified atom stereocenters. The Morgan fingerprint density at radius 1 is 1.47 bits per heavy atom. The molecule has 1 atom stereocenters. The molecule has 0 radical (unpaired) electrons. The molecule has 0 saturated carbocycles. The van der Waals surface area contributed by atoms with Crippen molar-refractivity contribution in [1.82, 2.24) is 9.88 Å². The van der Waals surface area contributed by atoms with Gasteiger partial charge in [0.2, 0.25) is 0 Å². The van der Waals surface area contributed by atoms with Crippen LogP contribution in [0.5, 0.6) is 0 Å². The number of rotatable bonds is 4. The van der Waals surface area contributed by atoms with Crippen molar-refractivity contribution in [1.29, 1.82) is 0 Å². The summed E-state index contributed by atoms with van der Waals surface area (Å²) in [5.41, 5.74) is 1.17. The second-order valence-electron chi connectivity index (χ2n) is 4.74. The lowest BCUT2D eigenvalue weighted by molar-refractivity contribution is 0.117. The summed E-state index contributed by atoms with van der Waals surface area (Å²) >= 11 is 1.75. The quantitative estimate of drug-likeness (QED) is 0.896. The molecule has 2 heterocycles. The summed E-state index contributed by atoms with van der Waals surface area (Å²) in [4.78, 5) is 7.02. The first-order valence-electron chi connectivity index (χ1n) is 6.61. The monoisotopic (exact) mass is 254 g/mol. The fraction of sp³-hybridized carbons (Fsp3) is 0.769. The minimum Gasteiger partial charge on any atom is -0.395 e. The Balaban J connectivity index is 1.99. The normalized spacial score (nSPS) is 22.6. The summed E-state index contributed by atoms with van der Waals surface area (Å²) in [5, 5.41) is 12.8. The number of nitrogens with zero attached hydrogens (tertiary/aromatic N) is 2. The highest BCUT2D eigenvalue weighted by Gasteiger charge is 2.20. The van der Waals surface area contributed by atoms with Crippen molar-refractivity contribution in [2.45, 2.75) is 51.6 Å². The third kappa shape index (κ3) is 3.50. The maximum Gasteiger partial charge on any atom is 0.0926 e. The zero-order valence-electron chi connectivity index (χ0n) is 10.6. The van der Waals surface area contributed by atoms with Crippen LogP contribution in [-0.2, 0) is 13.0 Å². The van der Waals surface area contributed by atoms with E-state index in [9.17, 15) is 5.11 Å². The third-order valence-corrected chi connectivity index (χ3v) is 4.52. The third-order valence-electron chi connectivity index (χ3n) is 3.48. The molecule has 0 aromatic carbocycles. The molecule has 17 heavy (non-hydrogen) atoms. The van der Waals surface area contributed by atoms with E-state index in [-0.39, 0.29) is 6.61 Å². The number of hydrogen-bond acceptors (Lipinski definition) is 4. The molecule has 0 spiro atoms. The summed E-state index contributed by atoms with van der Waals surface area (Å²) in [7, 11) is 0. The van der Waals surface area contributed by atoms with Gasteiger partial charge in [-0.3, -0.25) is 4.90 Å². The minimum absolute atomic E-state index is 0.283. The van der Waals surface area contributed by atoms with E-state index >= 15 is 0 Å². The van der Waals surface area contributed by atoms with Crippen molar-refractivity contribution in [2.24, 2.45) is 0 Å². The average Bonchev–Trinajstić information content (AvgIpc) is 2.68. The van der Waals surface area contributed by atoms with Gasteiger partial charge < -0.3 is 5.11 Å². The van der Waals surface area contributed by atoms with Crippen LogP contribution in [-0.4, -0.2) is 34.2 Å². The van der Waals surface area contributed by atoms with Crippen molar-refractivity contribution in [2.75, 3.05) is 13.2 Å². The lowest BCUT2D eigenvalue weighted by Gasteiger charge is -2.27. The zero-order chi connectivity index (χ0) is 12.1. The number of thiazole rings is 1. The molecule has 1 aromatic heterocycles. The van der Waals surface area contributed by atoms with Gasteiger partial charge in [0.1, 0.15) is 0 Å². The number of likely N-dealkylation sites (tertiary alicyclic amines) is 1. The van der Waals surface area contributed by atoms with Gasteiger partial charge in [-0.05, 0) is 25.8 Å². The van der Waals surface area contributed by atoms with Crippen molar-refractivity contribution >= 4 is 11.3 Å². The molecule has 0 aliphatic carbocycles. The van der Waals surface area contributed by atoms with Crippen LogP contribution in [0.1, 0.15) is 43.3 Å². The van der Waals surface area contributed by atoms with Crippen molar-refractivity contribution in [3.8, 4) is 0 Å². The first-order chi connectivity index (χ1) is 8.33. The molecular weight excluding hydrogens is 232 g/mol. The van der Waals surface area contributed by atoms with Crippen molar-refractivity contribution in [3.63, 3.8) is 0 Å². The summed E-state index contributed by atoms with van der Waals surface area (Å²) in [5.74, 6) is 0. The van der Waals surface area contributed by atoms with E-state index in [4.69, 9.17) is 0 Å². The first-order valence-corrected chi connectivity index (χ1v) is 7.49. The van der Waals surface area contributed by atoms with Gasteiger partial charge in [-0.1, -0.05) is 19.8 Å². The van der Waals surface area contributed by atoms with Gasteiger partial charge in [0, 0.05) is 18.0 Å². The Morgan fingerprint density at radius 2 is 2.35 bits per heavy atom. The minimum atomic E-state index is 0.283. The number of hydrogen-bond donors (Lipinski definition) is 1. The van der Waals surface area contributed by atoms with E-state index in [1.807, 2.05) is 0 Å². The van der Waals surface area contributed by atoms with E-state index in [0.717, 1.165) is 25.9 Å². The Morgan fingerprint density at radius 3 is 3.06 bits per heavy atom. The number of aryl methyl sites for hydroxylation is 1. The smallest absolute Gasteiger partial charge is 0.0926 e. The van der Waals surface area contributed by atoms with E-state index in [1.165, 1.54) is 30.0 Å². The van der Waals surface area contributed by atoms with Gasteiger partial charge in [0.15, 0.2) is 0 Å². The predicted octanol–water partition coefficient (Wildman–Crippen LogP) is 2.44. The van der Waals surface area contributed by atoms with Crippen LogP contribution >= 0.6 is 11.3 Å². The summed E-state index contributed by atoms with van der Waals surface area (Å²) in [6, 6.07) is 0.337. The van der Waals surface area contributed by atoms with Gasteiger partial charge in [0.05, 0.1) is 17.3 Å². The largest absolute Gasteiger partial charge is 0.395 e. The van der Waals surface area contributed by atoms with Gasteiger partial charge in [-0.25, -0.2) is 4.98 Å². The molecule has 3 nitrogen and oxygen atoms in total. The molecule has 1 saturated heterocycles. The molecule has 1 N–H and O–H groups in total. The van der Waals surface area contributed by atoms with Crippen molar-refractivity contribution in [3.05, 3.63) is 16.1 Å². The van der Waals surface area contributed by atoms with Gasteiger partial charge in [-0.15, -0.1) is 11.3 Å². The molecule has 2 rings (SSSR count). The number of aliphatic hydroxyl groups excluding tert-OH is 1. The van der Waals surface area contributed by atoms with Crippen LogP contribution in [0.4, 0.5) is 0 Å². The number of aromatic nitrogens is 1. The van der Waals surface area contributed by atoms with Crippen molar-refractivity contribution < 1.29 is 5.11 Å². The molecule has 1 fully saturated rings. The fourth-order valence-corrected chi connectivity index (χ4v) is 3.18. The molecule has 0 amide bonds. The lowest BCUT2D eigenvalue weighted by atomic mass is 10.1. The summed E-state index contributed by atoms with van der Waals surface area (Å²) in [6.45, 7) is 4.43. The maximum absolute atomic E-state index is 9.46. The predicted molar refractivity (Wildman–Crippen MR) is 71.2 cm³/mol. The SMILES string of the molecule is CCc1nc(CN2CCCCCC2CO)cs1. The molecule has 96 valence electrons. The maximum atomic E-state index is 9.46. The van der Waals surface area contributed by atoms with E-state index in [1.54, 1.807) is 11.3 Å². The average molecular weight is 254 g/mol. The van der Waals surface area contributed by atoms with Gasteiger partial charge in [-0.2, -0.15) is 0 Å². The Bertz CT molecular complexity index is 340. The van der Waals surface area contributed by atoms with Gasteiger partial charge >= 0.3 is 0 Å². The highest BCUT2D eigenvalue weighted by molar-refractivity contribution is 7.09. The Hall–Kier alpha value is -0.450. The second kappa shape index (κ2) is 6.47. The van der Waals surface area contributed by atoms with Crippen LogP contribution in [0.2, 0.25) is 0 Å². The van der Waals surface area contributed by atoms with E-state index in [0.29, 0.717) is 6.04 Å². The fourth-order valence-electron chi connectivity index (χ4n) is 2.44. The highest BCUT2D eigenvalue weighted by Crippen LogP contribution is 2.20. The van der Waals surface area contributed by atoms with Crippen LogP contribution in [0.3, 0.4) is 0 Å². The van der Waals surface area contributed by atoms with Crippen LogP contribution in [0.15, 0.2) is 5.38 Å². The molecule has 4 heteroatoms. The van der Waals surface area contributed by atoms with E-state index < -0.39 is 0 Å². The molecule has 0 bridgehead atoms.